The summed E-state index contributed by atoms with van der Waals surface area (Å²) in [5.41, 5.74) is 1.65. The van der Waals surface area contributed by atoms with Gasteiger partial charge in [0.25, 0.3) is 10.1 Å². The second kappa shape index (κ2) is 4.15. The van der Waals surface area contributed by atoms with E-state index in [-0.39, 0.29) is 11.2 Å². The van der Waals surface area contributed by atoms with E-state index in [1.165, 1.54) is 18.4 Å². The van der Waals surface area contributed by atoms with Gasteiger partial charge in [0.15, 0.2) is 0 Å². The van der Waals surface area contributed by atoms with Gasteiger partial charge in [0.05, 0.1) is 5.75 Å². The normalized spacial score (nSPS) is 34.6. The summed E-state index contributed by atoms with van der Waals surface area (Å²) in [5.74, 6) is 0.484. The van der Waals surface area contributed by atoms with Crippen LogP contribution in [0.15, 0.2) is 11.6 Å². The molecule has 1 saturated carbocycles. The molecule has 3 nitrogen and oxygen atoms in total. The summed E-state index contributed by atoms with van der Waals surface area (Å²) < 4.78 is 30.6. The van der Waals surface area contributed by atoms with Crippen LogP contribution in [0.4, 0.5) is 0 Å². The van der Waals surface area contributed by atoms with Crippen molar-refractivity contribution in [2.45, 2.75) is 45.4 Å². The van der Waals surface area contributed by atoms with Gasteiger partial charge < -0.3 is 0 Å². The van der Waals surface area contributed by atoms with Crippen molar-refractivity contribution < 1.29 is 13.0 Å². The lowest BCUT2D eigenvalue weighted by Crippen LogP contribution is -2.32. The fourth-order valence-corrected chi connectivity index (χ4v) is 4.16. The fraction of sp³-hybridized carbons (Fsp3) is 0.833. The van der Waals surface area contributed by atoms with Gasteiger partial charge in [-0.05, 0) is 49.9 Å². The minimum absolute atomic E-state index is 0.0764. The van der Waals surface area contributed by atoms with E-state index in [1.54, 1.807) is 0 Å². The van der Waals surface area contributed by atoms with Crippen molar-refractivity contribution in [3.05, 3.63) is 11.6 Å². The van der Waals surface area contributed by atoms with Crippen molar-refractivity contribution in [2.75, 3.05) is 5.75 Å². The molecular weight excluding hydrogens is 224 g/mol. The maximum absolute atomic E-state index is 10.9. The molecule has 2 bridgehead atoms. The average Bonchev–Trinajstić information content (AvgIpc) is 2.13. The molecule has 2 rings (SSSR count). The quantitative estimate of drug-likeness (QED) is 0.613. The third-order valence-corrected chi connectivity index (χ3v) is 4.69. The van der Waals surface area contributed by atoms with Crippen LogP contribution in [0.2, 0.25) is 0 Å². The van der Waals surface area contributed by atoms with Crippen LogP contribution in [-0.2, 0) is 10.1 Å². The fourth-order valence-electron chi connectivity index (χ4n) is 3.47. The first kappa shape index (κ1) is 12.1. The molecule has 2 aliphatic rings. The molecule has 0 aliphatic heterocycles. The van der Waals surface area contributed by atoms with E-state index in [1.807, 2.05) is 0 Å². The van der Waals surface area contributed by atoms with E-state index < -0.39 is 10.1 Å². The molecule has 4 heteroatoms. The first-order valence-corrected chi connectivity index (χ1v) is 7.64. The Kier molecular flexibility index (Phi) is 3.14. The zero-order valence-electron chi connectivity index (χ0n) is 9.78. The van der Waals surface area contributed by atoms with Crippen molar-refractivity contribution in [3.8, 4) is 0 Å². The highest BCUT2D eigenvalue weighted by molar-refractivity contribution is 7.85. The molecule has 0 aromatic rings. The van der Waals surface area contributed by atoms with Crippen LogP contribution in [0.25, 0.3) is 0 Å². The monoisotopic (exact) mass is 244 g/mol. The standard InChI is InChI=1S/C12H20O3S/c1-10-7-11-3-2-4-12(8-10,9-11)5-6-16(13,14)15/h7,10H,2-6,8-9H2,1H3,(H,13,14,15). The molecule has 0 saturated heterocycles. The highest BCUT2D eigenvalue weighted by Crippen LogP contribution is 2.50. The lowest BCUT2D eigenvalue weighted by atomic mass is 9.62. The number of rotatable bonds is 3. The molecule has 0 aromatic carbocycles. The molecule has 0 amide bonds. The highest BCUT2D eigenvalue weighted by atomic mass is 32.2. The lowest BCUT2D eigenvalue weighted by Gasteiger charge is -2.43. The highest BCUT2D eigenvalue weighted by Gasteiger charge is 2.38. The minimum atomic E-state index is -3.80. The summed E-state index contributed by atoms with van der Waals surface area (Å²) >= 11 is 0. The van der Waals surface area contributed by atoms with Gasteiger partial charge >= 0.3 is 0 Å². The number of hydrogen-bond acceptors (Lipinski definition) is 2. The zero-order chi connectivity index (χ0) is 11.8. The molecule has 2 aliphatic carbocycles. The summed E-state index contributed by atoms with van der Waals surface area (Å²) in [7, 11) is -3.80. The Morgan fingerprint density at radius 1 is 1.56 bits per heavy atom. The summed E-state index contributed by atoms with van der Waals surface area (Å²) in [6.45, 7) is 2.20. The van der Waals surface area contributed by atoms with Gasteiger partial charge in [-0.2, -0.15) is 8.42 Å². The molecule has 2 atom stereocenters. The van der Waals surface area contributed by atoms with Crippen LogP contribution in [0.1, 0.15) is 45.4 Å². The second-order valence-corrected chi connectivity index (χ2v) is 7.14. The van der Waals surface area contributed by atoms with Crippen molar-refractivity contribution >= 4 is 10.1 Å². The van der Waals surface area contributed by atoms with Crippen molar-refractivity contribution in [2.24, 2.45) is 11.3 Å². The van der Waals surface area contributed by atoms with Crippen LogP contribution < -0.4 is 0 Å². The first-order valence-electron chi connectivity index (χ1n) is 6.03. The topological polar surface area (TPSA) is 54.4 Å². The van der Waals surface area contributed by atoms with Gasteiger partial charge in [-0.1, -0.05) is 18.6 Å². The predicted molar refractivity (Wildman–Crippen MR) is 63.8 cm³/mol. The van der Waals surface area contributed by atoms with Gasteiger partial charge in [-0.25, -0.2) is 0 Å². The van der Waals surface area contributed by atoms with E-state index in [0.29, 0.717) is 12.3 Å². The Morgan fingerprint density at radius 2 is 2.31 bits per heavy atom. The molecular formula is C12H20O3S. The Labute approximate surface area is 97.7 Å². The number of fused-ring (bicyclic) bond motifs is 2. The van der Waals surface area contributed by atoms with E-state index in [0.717, 1.165) is 19.3 Å². The molecule has 1 fully saturated rings. The molecule has 16 heavy (non-hydrogen) atoms. The van der Waals surface area contributed by atoms with Crippen LogP contribution >= 0.6 is 0 Å². The van der Waals surface area contributed by atoms with Gasteiger partial charge in [-0.15, -0.1) is 0 Å². The Bertz CT molecular complexity index is 396. The summed E-state index contributed by atoms with van der Waals surface area (Å²) in [6.07, 6.45) is 8.56. The van der Waals surface area contributed by atoms with E-state index in [9.17, 15) is 8.42 Å². The van der Waals surface area contributed by atoms with Crippen molar-refractivity contribution in [3.63, 3.8) is 0 Å². The maximum Gasteiger partial charge on any atom is 0.264 e. The van der Waals surface area contributed by atoms with Crippen LogP contribution in [0.3, 0.4) is 0 Å². The Hall–Kier alpha value is -0.350. The number of allylic oxidation sites excluding steroid dienone is 2. The lowest BCUT2D eigenvalue weighted by molar-refractivity contribution is 0.163. The van der Waals surface area contributed by atoms with E-state index in [2.05, 4.69) is 13.0 Å². The number of hydrogen-bond donors (Lipinski definition) is 1. The van der Waals surface area contributed by atoms with Crippen molar-refractivity contribution in [1.82, 2.24) is 0 Å². The largest absolute Gasteiger partial charge is 0.286 e. The van der Waals surface area contributed by atoms with Gasteiger partial charge in [0.2, 0.25) is 0 Å². The Balaban J connectivity index is 2.09. The van der Waals surface area contributed by atoms with Crippen molar-refractivity contribution in [1.29, 1.82) is 0 Å². The van der Waals surface area contributed by atoms with Crippen LogP contribution in [0.5, 0.6) is 0 Å². The summed E-state index contributed by atoms with van der Waals surface area (Å²) in [6, 6.07) is 0. The molecule has 0 aromatic heterocycles. The van der Waals surface area contributed by atoms with E-state index in [4.69, 9.17) is 4.55 Å². The molecule has 92 valence electrons. The smallest absolute Gasteiger partial charge is 0.264 e. The Morgan fingerprint density at radius 3 is 3.00 bits per heavy atom. The molecule has 1 N–H and O–H groups in total. The molecule has 0 spiro atoms. The third-order valence-electron chi connectivity index (χ3n) is 3.97. The molecule has 0 radical (unpaired) electrons. The average molecular weight is 244 g/mol. The van der Waals surface area contributed by atoms with Gasteiger partial charge in [0, 0.05) is 0 Å². The predicted octanol–water partition coefficient (Wildman–Crippen LogP) is 2.79. The SMILES string of the molecule is CC1C=C2CCCC(CCS(=O)(=O)O)(C2)C1. The third kappa shape index (κ3) is 2.86. The molecule has 2 unspecified atom stereocenters. The summed E-state index contributed by atoms with van der Waals surface area (Å²) in [4.78, 5) is 0. The second-order valence-electron chi connectivity index (χ2n) is 5.57. The first-order chi connectivity index (χ1) is 7.39. The van der Waals surface area contributed by atoms with Gasteiger partial charge in [-0.3, -0.25) is 4.55 Å². The van der Waals surface area contributed by atoms with E-state index >= 15 is 0 Å². The van der Waals surface area contributed by atoms with Gasteiger partial charge in [0.1, 0.15) is 0 Å². The molecule has 0 heterocycles. The summed E-state index contributed by atoms with van der Waals surface area (Å²) in [5, 5.41) is 0. The van der Waals surface area contributed by atoms with Crippen LogP contribution in [0, 0.1) is 11.3 Å². The zero-order valence-corrected chi connectivity index (χ0v) is 10.6. The maximum atomic E-state index is 10.9. The van der Waals surface area contributed by atoms with Crippen LogP contribution in [-0.4, -0.2) is 18.7 Å². The minimum Gasteiger partial charge on any atom is -0.286 e.